The number of hydrogen-bond acceptors (Lipinski definition) is 3. The first-order chi connectivity index (χ1) is 11.5. The van der Waals surface area contributed by atoms with Crippen molar-refractivity contribution in [2.45, 2.75) is 13.3 Å². The van der Waals surface area contributed by atoms with Crippen molar-refractivity contribution >= 4 is 40.9 Å². The molecule has 2 aromatic carbocycles. The zero-order chi connectivity index (χ0) is 17.5. The van der Waals surface area contributed by atoms with E-state index >= 15 is 0 Å². The lowest BCUT2D eigenvalue weighted by Crippen LogP contribution is -2.28. The Bertz CT molecular complexity index is 733. The van der Waals surface area contributed by atoms with Crippen LogP contribution in [0.1, 0.15) is 23.7 Å². The predicted molar refractivity (Wildman–Crippen MR) is 95.2 cm³/mol. The second-order valence-electron chi connectivity index (χ2n) is 4.92. The molecule has 2 amide bonds. The van der Waals surface area contributed by atoms with Gasteiger partial charge < -0.3 is 15.4 Å². The van der Waals surface area contributed by atoms with Gasteiger partial charge in [-0.25, -0.2) is 4.79 Å². The summed E-state index contributed by atoms with van der Waals surface area (Å²) < 4.78 is 5.19. The SMILES string of the molecule is CCCNC(=O)Oc1ccc(Cl)cc1C(=O)Nc1ccc(Cl)cc1. The molecule has 0 saturated carbocycles. The van der Waals surface area contributed by atoms with Crippen LogP contribution in [0.25, 0.3) is 0 Å². The number of amides is 2. The van der Waals surface area contributed by atoms with Gasteiger partial charge in [0, 0.05) is 22.3 Å². The summed E-state index contributed by atoms with van der Waals surface area (Å²) in [4.78, 5) is 24.2. The average molecular weight is 367 g/mol. The Morgan fingerprint density at radius 3 is 2.38 bits per heavy atom. The smallest absolute Gasteiger partial charge is 0.409 e. The number of carbonyl (C=O) groups excluding carboxylic acids is 2. The van der Waals surface area contributed by atoms with Crippen LogP contribution in [0, 0.1) is 0 Å². The van der Waals surface area contributed by atoms with E-state index in [0.717, 1.165) is 6.42 Å². The van der Waals surface area contributed by atoms with Crippen LogP contribution in [-0.4, -0.2) is 18.5 Å². The summed E-state index contributed by atoms with van der Waals surface area (Å²) >= 11 is 11.8. The minimum absolute atomic E-state index is 0.125. The molecule has 2 N–H and O–H groups in total. The van der Waals surface area contributed by atoms with E-state index in [1.54, 1.807) is 30.3 Å². The van der Waals surface area contributed by atoms with Crippen LogP contribution >= 0.6 is 23.2 Å². The van der Waals surface area contributed by atoms with Crippen molar-refractivity contribution in [3.05, 3.63) is 58.1 Å². The van der Waals surface area contributed by atoms with Gasteiger partial charge in [-0.15, -0.1) is 0 Å². The van der Waals surface area contributed by atoms with Crippen molar-refractivity contribution in [2.24, 2.45) is 0 Å². The van der Waals surface area contributed by atoms with Gasteiger partial charge in [0.1, 0.15) is 5.75 Å². The highest BCUT2D eigenvalue weighted by Gasteiger charge is 2.16. The molecule has 0 aliphatic rings. The summed E-state index contributed by atoms with van der Waals surface area (Å²) in [5.41, 5.74) is 0.717. The van der Waals surface area contributed by atoms with Crippen LogP contribution < -0.4 is 15.4 Å². The second kappa shape index (κ2) is 8.57. The molecular formula is C17H16Cl2N2O3. The average Bonchev–Trinajstić information content (AvgIpc) is 2.56. The summed E-state index contributed by atoms with van der Waals surface area (Å²) in [5, 5.41) is 6.20. The van der Waals surface area contributed by atoms with E-state index in [0.29, 0.717) is 22.3 Å². The highest BCUT2D eigenvalue weighted by atomic mass is 35.5. The van der Waals surface area contributed by atoms with Crippen LogP contribution in [0.2, 0.25) is 10.0 Å². The maximum absolute atomic E-state index is 12.5. The maximum Gasteiger partial charge on any atom is 0.412 e. The normalized spacial score (nSPS) is 10.1. The van der Waals surface area contributed by atoms with Crippen LogP contribution in [-0.2, 0) is 0 Å². The van der Waals surface area contributed by atoms with Crippen molar-refractivity contribution in [1.82, 2.24) is 5.32 Å². The van der Waals surface area contributed by atoms with Gasteiger partial charge >= 0.3 is 6.09 Å². The molecule has 0 aromatic heterocycles. The van der Waals surface area contributed by atoms with E-state index < -0.39 is 12.0 Å². The first kappa shape index (κ1) is 18.1. The molecule has 0 atom stereocenters. The Hall–Kier alpha value is -2.24. The fourth-order valence-corrected chi connectivity index (χ4v) is 2.16. The third-order valence-electron chi connectivity index (χ3n) is 3.01. The first-order valence-electron chi connectivity index (χ1n) is 7.31. The molecule has 2 aromatic rings. The third-order valence-corrected chi connectivity index (χ3v) is 3.50. The van der Waals surface area contributed by atoms with E-state index in [9.17, 15) is 9.59 Å². The molecule has 0 fully saturated rings. The summed E-state index contributed by atoms with van der Waals surface area (Å²) in [6.07, 6.45) is 0.152. The van der Waals surface area contributed by atoms with Gasteiger partial charge in [0.05, 0.1) is 5.56 Å². The van der Waals surface area contributed by atoms with Crippen molar-refractivity contribution in [2.75, 3.05) is 11.9 Å². The van der Waals surface area contributed by atoms with Crippen LogP contribution in [0.5, 0.6) is 5.75 Å². The van der Waals surface area contributed by atoms with E-state index in [2.05, 4.69) is 10.6 Å². The lowest BCUT2D eigenvalue weighted by atomic mass is 10.2. The molecule has 0 heterocycles. The van der Waals surface area contributed by atoms with E-state index in [1.165, 1.54) is 12.1 Å². The molecular weight excluding hydrogens is 351 g/mol. The van der Waals surface area contributed by atoms with Crippen molar-refractivity contribution in [3.8, 4) is 5.75 Å². The highest BCUT2D eigenvalue weighted by molar-refractivity contribution is 6.31. The number of rotatable bonds is 5. The van der Waals surface area contributed by atoms with Crippen molar-refractivity contribution in [1.29, 1.82) is 0 Å². The van der Waals surface area contributed by atoms with Crippen molar-refractivity contribution in [3.63, 3.8) is 0 Å². The highest BCUT2D eigenvalue weighted by Crippen LogP contribution is 2.24. The molecule has 7 heteroatoms. The molecule has 0 aliphatic carbocycles. The Kier molecular flexibility index (Phi) is 6.46. The van der Waals surface area contributed by atoms with Crippen LogP contribution in [0.3, 0.4) is 0 Å². The quantitative estimate of drug-likeness (QED) is 0.802. The number of ether oxygens (including phenoxy) is 1. The topological polar surface area (TPSA) is 67.4 Å². The largest absolute Gasteiger partial charge is 0.412 e. The third kappa shape index (κ3) is 5.15. The van der Waals surface area contributed by atoms with E-state index in [-0.39, 0.29) is 11.3 Å². The number of halogens is 2. The maximum atomic E-state index is 12.5. The second-order valence-corrected chi connectivity index (χ2v) is 5.79. The monoisotopic (exact) mass is 366 g/mol. The van der Waals surface area contributed by atoms with E-state index in [4.69, 9.17) is 27.9 Å². The molecule has 0 aliphatic heterocycles. The van der Waals surface area contributed by atoms with Crippen molar-refractivity contribution < 1.29 is 14.3 Å². The fourth-order valence-electron chi connectivity index (χ4n) is 1.86. The fraction of sp³-hybridized carbons (Fsp3) is 0.176. The Morgan fingerprint density at radius 2 is 1.71 bits per heavy atom. The minimum Gasteiger partial charge on any atom is -0.409 e. The lowest BCUT2D eigenvalue weighted by molar-refractivity contribution is 0.102. The number of benzene rings is 2. The predicted octanol–water partition coefficient (Wildman–Crippen LogP) is 4.74. The summed E-state index contributed by atoms with van der Waals surface area (Å²) in [6.45, 7) is 2.41. The van der Waals surface area contributed by atoms with Gasteiger partial charge in [-0.1, -0.05) is 30.1 Å². The standard InChI is InChI=1S/C17H16Cl2N2O3/c1-2-9-20-17(23)24-15-8-5-12(19)10-14(15)16(22)21-13-6-3-11(18)4-7-13/h3-8,10H,2,9H2,1H3,(H,20,23)(H,21,22). The molecule has 24 heavy (non-hydrogen) atoms. The minimum atomic E-state index is -0.625. The van der Waals surface area contributed by atoms with Gasteiger partial charge in [0.25, 0.3) is 5.91 Å². The van der Waals surface area contributed by atoms with Gasteiger partial charge in [-0.05, 0) is 48.9 Å². The van der Waals surface area contributed by atoms with Crippen LogP contribution in [0.4, 0.5) is 10.5 Å². The van der Waals surface area contributed by atoms with Gasteiger partial charge in [0.2, 0.25) is 0 Å². The molecule has 0 saturated heterocycles. The Morgan fingerprint density at radius 1 is 1.04 bits per heavy atom. The molecule has 0 unspecified atom stereocenters. The molecule has 0 radical (unpaired) electrons. The molecule has 126 valence electrons. The number of anilines is 1. The molecule has 5 nitrogen and oxygen atoms in total. The van der Waals surface area contributed by atoms with Crippen LogP contribution in [0.15, 0.2) is 42.5 Å². The Labute approximate surface area is 149 Å². The lowest BCUT2D eigenvalue weighted by Gasteiger charge is -2.11. The zero-order valence-corrected chi connectivity index (χ0v) is 14.4. The molecule has 2 rings (SSSR count). The number of nitrogens with one attached hydrogen (secondary N) is 2. The summed E-state index contributed by atoms with van der Waals surface area (Å²) in [7, 11) is 0. The molecule has 0 spiro atoms. The van der Waals surface area contributed by atoms with E-state index in [1.807, 2.05) is 6.92 Å². The summed E-state index contributed by atoms with van der Waals surface area (Å²) in [6, 6.07) is 11.1. The summed E-state index contributed by atoms with van der Waals surface area (Å²) in [5.74, 6) is -0.322. The first-order valence-corrected chi connectivity index (χ1v) is 8.07. The van der Waals surface area contributed by atoms with Gasteiger partial charge in [-0.3, -0.25) is 4.79 Å². The zero-order valence-electron chi connectivity index (χ0n) is 12.9. The van der Waals surface area contributed by atoms with Gasteiger partial charge in [0.15, 0.2) is 0 Å². The number of carbonyl (C=O) groups is 2. The number of hydrogen-bond donors (Lipinski definition) is 2. The van der Waals surface area contributed by atoms with Gasteiger partial charge in [-0.2, -0.15) is 0 Å². The molecule has 0 bridgehead atoms. The Balaban J connectivity index is 2.18.